The van der Waals surface area contributed by atoms with Crippen molar-refractivity contribution in [2.45, 2.75) is 72.7 Å². The zero-order valence-corrected chi connectivity index (χ0v) is 22.7. The van der Waals surface area contributed by atoms with E-state index in [9.17, 15) is 0 Å². The molecule has 0 amide bonds. The Morgan fingerprint density at radius 1 is 1.00 bits per heavy atom. The van der Waals surface area contributed by atoms with Crippen LogP contribution in [0.3, 0.4) is 0 Å². The maximum absolute atomic E-state index is 6.42. The SMILES string of the molecule is C=C/C=C(\Sc1ccc(C)cc1Cl)N1CCc2cc(C)ccc2C1.C=CCC.CC.CC. The van der Waals surface area contributed by atoms with Gasteiger partial charge in [0.1, 0.15) is 0 Å². The molecule has 1 aliphatic rings. The Hall–Kier alpha value is -1.90. The van der Waals surface area contributed by atoms with Crippen molar-refractivity contribution >= 4 is 23.4 Å². The van der Waals surface area contributed by atoms with Gasteiger partial charge in [0, 0.05) is 18.0 Å². The summed E-state index contributed by atoms with van der Waals surface area (Å²) in [4.78, 5) is 3.50. The first-order chi connectivity index (χ1) is 15.5. The highest BCUT2D eigenvalue weighted by molar-refractivity contribution is 8.03. The van der Waals surface area contributed by atoms with Gasteiger partial charge in [-0.15, -0.1) is 6.58 Å². The predicted molar refractivity (Wildman–Crippen MR) is 149 cm³/mol. The molecule has 0 saturated carbocycles. The van der Waals surface area contributed by atoms with Crippen molar-refractivity contribution in [3.63, 3.8) is 0 Å². The molecule has 0 N–H and O–H groups in total. The van der Waals surface area contributed by atoms with Crippen molar-refractivity contribution < 1.29 is 0 Å². The fraction of sp³-hybridized carbons (Fsp3) is 0.379. The Bertz CT molecular complexity index is 854. The van der Waals surface area contributed by atoms with Gasteiger partial charge in [-0.25, -0.2) is 0 Å². The van der Waals surface area contributed by atoms with Gasteiger partial charge in [-0.3, -0.25) is 0 Å². The number of aryl methyl sites for hydroxylation is 2. The molecule has 1 nitrogen and oxygen atoms in total. The zero-order valence-electron chi connectivity index (χ0n) is 21.2. The minimum Gasteiger partial charge on any atom is -0.361 e. The molecule has 0 spiro atoms. The van der Waals surface area contributed by atoms with E-state index in [0.29, 0.717) is 0 Å². The Kier molecular flexibility index (Phi) is 16.6. The van der Waals surface area contributed by atoms with Crippen LogP contribution in [0.4, 0.5) is 0 Å². The fourth-order valence-corrected chi connectivity index (χ4v) is 4.29. The van der Waals surface area contributed by atoms with Crippen LogP contribution in [-0.4, -0.2) is 11.4 Å². The first kappa shape index (κ1) is 30.1. The van der Waals surface area contributed by atoms with Gasteiger partial charge in [-0.05, 0) is 61.6 Å². The van der Waals surface area contributed by atoms with Crippen LogP contribution in [0.15, 0.2) is 77.7 Å². The van der Waals surface area contributed by atoms with Gasteiger partial charge in [0.2, 0.25) is 0 Å². The molecule has 32 heavy (non-hydrogen) atoms. The van der Waals surface area contributed by atoms with Crippen molar-refractivity contribution in [3.05, 3.63) is 100 Å². The lowest BCUT2D eigenvalue weighted by Gasteiger charge is -2.32. The van der Waals surface area contributed by atoms with Crippen molar-refractivity contribution in [1.82, 2.24) is 4.90 Å². The minimum atomic E-state index is 0.808. The largest absolute Gasteiger partial charge is 0.361 e. The van der Waals surface area contributed by atoms with E-state index in [-0.39, 0.29) is 0 Å². The number of hydrogen-bond acceptors (Lipinski definition) is 2. The summed E-state index contributed by atoms with van der Waals surface area (Å²) in [5.74, 6) is 0. The van der Waals surface area contributed by atoms with Crippen molar-refractivity contribution in [3.8, 4) is 0 Å². The lowest BCUT2D eigenvalue weighted by Crippen LogP contribution is -2.29. The van der Waals surface area contributed by atoms with Gasteiger partial charge in [0.25, 0.3) is 0 Å². The molecular weight excluding hydrogens is 430 g/mol. The van der Waals surface area contributed by atoms with E-state index >= 15 is 0 Å². The highest BCUT2D eigenvalue weighted by atomic mass is 35.5. The highest BCUT2D eigenvalue weighted by Crippen LogP contribution is 2.37. The summed E-state index contributed by atoms with van der Waals surface area (Å²) in [5.41, 5.74) is 5.41. The third kappa shape index (κ3) is 10.1. The maximum atomic E-state index is 6.42. The van der Waals surface area contributed by atoms with E-state index in [1.165, 1.54) is 27.3 Å². The van der Waals surface area contributed by atoms with Crippen molar-refractivity contribution in [2.24, 2.45) is 0 Å². The van der Waals surface area contributed by atoms with Gasteiger partial charge >= 0.3 is 0 Å². The van der Waals surface area contributed by atoms with Crippen LogP contribution in [0.25, 0.3) is 0 Å². The monoisotopic (exact) mass is 471 g/mol. The maximum Gasteiger partial charge on any atom is 0.0759 e. The summed E-state index contributed by atoms with van der Waals surface area (Å²) in [5, 5.41) is 2.00. The summed E-state index contributed by atoms with van der Waals surface area (Å²) >= 11 is 8.14. The van der Waals surface area contributed by atoms with E-state index < -0.39 is 0 Å². The fourth-order valence-electron chi connectivity index (χ4n) is 2.98. The Morgan fingerprint density at radius 3 is 2.16 bits per heavy atom. The summed E-state index contributed by atoms with van der Waals surface area (Å²) in [6.45, 7) is 23.6. The van der Waals surface area contributed by atoms with Crippen molar-refractivity contribution in [2.75, 3.05) is 6.54 Å². The van der Waals surface area contributed by atoms with Crippen LogP contribution in [0, 0.1) is 13.8 Å². The number of nitrogens with zero attached hydrogens (tertiary/aromatic N) is 1. The van der Waals surface area contributed by atoms with E-state index in [1.54, 1.807) is 11.8 Å². The molecule has 2 aromatic carbocycles. The Balaban J connectivity index is 0.00000106. The van der Waals surface area contributed by atoms with Crippen LogP contribution < -0.4 is 0 Å². The molecule has 1 heterocycles. The van der Waals surface area contributed by atoms with Crippen LogP contribution in [0.1, 0.15) is 63.3 Å². The van der Waals surface area contributed by atoms with Gasteiger partial charge in [0.05, 0.1) is 10.1 Å². The molecule has 0 fully saturated rings. The second-order valence-corrected chi connectivity index (χ2v) is 8.39. The summed E-state index contributed by atoms with van der Waals surface area (Å²) in [7, 11) is 0. The normalized spacial score (nSPS) is 12.0. The molecule has 3 heteroatoms. The third-order valence-corrected chi connectivity index (χ3v) is 6.14. The van der Waals surface area contributed by atoms with Crippen LogP contribution >= 0.6 is 23.4 Å². The van der Waals surface area contributed by atoms with Gasteiger partial charge in [-0.1, -0.05) is 107 Å². The highest BCUT2D eigenvalue weighted by Gasteiger charge is 2.19. The van der Waals surface area contributed by atoms with Gasteiger partial charge in [0.15, 0.2) is 0 Å². The molecular formula is C29H42ClNS. The minimum absolute atomic E-state index is 0.808. The molecule has 0 radical (unpaired) electrons. The molecule has 0 atom stereocenters. The number of allylic oxidation sites excluding steroid dienone is 3. The molecule has 176 valence electrons. The lowest BCUT2D eigenvalue weighted by atomic mass is 9.98. The van der Waals surface area contributed by atoms with Crippen molar-refractivity contribution in [1.29, 1.82) is 0 Å². The molecule has 0 unspecified atom stereocenters. The second-order valence-electron chi connectivity index (χ2n) is 6.92. The molecule has 0 bridgehead atoms. The van der Waals surface area contributed by atoms with E-state index in [1.807, 2.05) is 45.9 Å². The molecule has 3 rings (SSSR count). The van der Waals surface area contributed by atoms with E-state index in [4.69, 9.17) is 11.6 Å². The summed E-state index contributed by atoms with van der Waals surface area (Å²) < 4.78 is 0. The van der Waals surface area contributed by atoms with Crippen LogP contribution in [-0.2, 0) is 13.0 Å². The number of halogens is 1. The molecule has 0 saturated heterocycles. The number of benzene rings is 2. The molecule has 0 aromatic heterocycles. The van der Waals surface area contributed by atoms with Gasteiger partial charge in [-0.2, -0.15) is 0 Å². The molecule has 1 aliphatic heterocycles. The standard InChI is InChI=1S/C21H22ClNS.C4H8.2C2H6/c1-4-5-21(24-20-9-7-16(3)13-19(20)22)23-11-10-17-12-15(2)6-8-18(17)14-23;1-3-4-2;2*1-2/h4-9,12-13H,1,10-11,14H2,2-3H3;3H,1,4H2,2H3;2*1-2H3/b21-5-;;;. The van der Waals surface area contributed by atoms with Gasteiger partial charge < -0.3 is 4.90 Å². The van der Waals surface area contributed by atoms with Crippen LogP contribution in [0.2, 0.25) is 5.02 Å². The summed E-state index contributed by atoms with van der Waals surface area (Å²) in [6.07, 6.45) is 7.98. The smallest absolute Gasteiger partial charge is 0.0759 e. The summed E-state index contributed by atoms with van der Waals surface area (Å²) in [6, 6.07) is 13.0. The quantitative estimate of drug-likeness (QED) is 0.242. The predicted octanol–water partition coefficient (Wildman–Crippen LogP) is 9.77. The number of rotatable bonds is 5. The average Bonchev–Trinajstić information content (AvgIpc) is 2.82. The number of thioether (sulfide) groups is 1. The zero-order chi connectivity index (χ0) is 24.5. The average molecular weight is 472 g/mol. The Morgan fingerprint density at radius 2 is 1.59 bits per heavy atom. The second kappa shape index (κ2) is 17.6. The first-order valence-electron chi connectivity index (χ1n) is 11.7. The van der Waals surface area contributed by atoms with Crippen LogP contribution in [0.5, 0.6) is 0 Å². The van der Waals surface area contributed by atoms with E-state index in [0.717, 1.165) is 35.8 Å². The molecule has 0 aliphatic carbocycles. The Labute approximate surface area is 207 Å². The first-order valence-corrected chi connectivity index (χ1v) is 12.9. The molecule has 2 aromatic rings. The number of fused-ring (bicyclic) bond motifs is 1. The third-order valence-electron chi connectivity index (χ3n) is 4.54. The topological polar surface area (TPSA) is 3.24 Å². The van der Waals surface area contributed by atoms with E-state index in [2.05, 4.69) is 75.2 Å². The lowest BCUT2D eigenvalue weighted by molar-refractivity contribution is 0.344. The number of hydrogen-bond donors (Lipinski definition) is 0.